The maximum absolute atomic E-state index is 4.80. The molecule has 0 aliphatic heterocycles. The fraction of sp³-hybridized carbons (Fsp3) is 0.167. The molecule has 2 rings (SSSR count). The SMILES string of the molecule is COc1ccccn1.Cc1ccccn1. The standard InChI is InChI=1S/C6H7NO.C6H7N/c1-8-6-4-2-3-5-7-6;1-6-4-2-3-5-7-6/h2-5H,1H3;2-5H,1H3. The van der Waals surface area contributed by atoms with Crippen molar-refractivity contribution < 1.29 is 4.74 Å². The molecule has 0 amide bonds. The molecule has 2 aromatic heterocycles. The number of ether oxygens (including phenoxy) is 1. The van der Waals surface area contributed by atoms with E-state index in [1.54, 1.807) is 25.6 Å². The van der Waals surface area contributed by atoms with Gasteiger partial charge in [-0.1, -0.05) is 12.1 Å². The second-order valence-corrected chi connectivity index (χ2v) is 2.84. The van der Waals surface area contributed by atoms with Gasteiger partial charge in [0.05, 0.1) is 7.11 Å². The van der Waals surface area contributed by atoms with Gasteiger partial charge in [0.25, 0.3) is 0 Å². The molecule has 0 N–H and O–H groups in total. The lowest BCUT2D eigenvalue weighted by atomic mass is 10.4. The predicted octanol–water partition coefficient (Wildman–Crippen LogP) is 2.48. The van der Waals surface area contributed by atoms with Crippen LogP contribution in [-0.2, 0) is 0 Å². The molecule has 0 aliphatic rings. The van der Waals surface area contributed by atoms with Gasteiger partial charge >= 0.3 is 0 Å². The topological polar surface area (TPSA) is 35.0 Å². The molecule has 0 unspecified atom stereocenters. The highest BCUT2D eigenvalue weighted by molar-refractivity contribution is 5.08. The average molecular weight is 202 g/mol. The molecule has 15 heavy (non-hydrogen) atoms. The van der Waals surface area contributed by atoms with Gasteiger partial charge in [0.1, 0.15) is 0 Å². The molecule has 0 aromatic carbocycles. The van der Waals surface area contributed by atoms with Gasteiger partial charge in [0.2, 0.25) is 5.88 Å². The van der Waals surface area contributed by atoms with Gasteiger partial charge in [0, 0.05) is 24.2 Å². The van der Waals surface area contributed by atoms with E-state index in [-0.39, 0.29) is 0 Å². The molecule has 0 aliphatic carbocycles. The summed E-state index contributed by atoms with van der Waals surface area (Å²) in [6.45, 7) is 1.97. The van der Waals surface area contributed by atoms with E-state index >= 15 is 0 Å². The van der Waals surface area contributed by atoms with Crippen LogP contribution in [0.1, 0.15) is 5.69 Å². The van der Waals surface area contributed by atoms with Gasteiger partial charge in [0.15, 0.2) is 0 Å². The predicted molar refractivity (Wildman–Crippen MR) is 59.8 cm³/mol. The van der Waals surface area contributed by atoms with Crippen LogP contribution in [0.3, 0.4) is 0 Å². The van der Waals surface area contributed by atoms with E-state index in [2.05, 4.69) is 9.97 Å². The summed E-state index contributed by atoms with van der Waals surface area (Å²) in [5.74, 6) is 0.660. The lowest BCUT2D eigenvalue weighted by Gasteiger charge is -1.92. The zero-order valence-corrected chi connectivity index (χ0v) is 8.92. The van der Waals surface area contributed by atoms with Crippen LogP contribution in [0, 0.1) is 6.92 Å². The largest absolute Gasteiger partial charge is 0.481 e. The molecular formula is C12H14N2O. The Kier molecular flexibility index (Phi) is 4.87. The Labute approximate surface area is 89.8 Å². The number of aromatic nitrogens is 2. The average Bonchev–Trinajstić information content (AvgIpc) is 2.32. The molecular weight excluding hydrogens is 188 g/mol. The van der Waals surface area contributed by atoms with Crippen LogP contribution < -0.4 is 4.74 Å². The monoisotopic (exact) mass is 202 g/mol. The maximum Gasteiger partial charge on any atom is 0.212 e. The highest BCUT2D eigenvalue weighted by atomic mass is 16.5. The summed E-state index contributed by atoms with van der Waals surface area (Å²) < 4.78 is 4.80. The Balaban J connectivity index is 0.000000151. The molecule has 0 spiro atoms. The van der Waals surface area contributed by atoms with Gasteiger partial charge in [-0.2, -0.15) is 0 Å². The van der Waals surface area contributed by atoms with Crippen molar-refractivity contribution >= 4 is 0 Å². The summed E-state index contributed by atoms with van der Waals surface area (Å²) in [5.41, 5.74) is 1.07. The lowest BCUT2D eigenvalue weighted by Crippen LogP contribution is -1.83. The Bertz CT molecular complexity index is 362. The minimum Gasteiger partial charge on any atom is -0.481 e. The molecule has 2 aromatic rings. The third-order valence-corrected chi connectivity index (χ3v) is 1.66. The summed E-state index contributed by atoms with van der Waals surface area (Å²) in [4.78, 5) is 7.85. The van der Waals surface area contributed by atoms with Crippen LogP contribution in [0.25, 0.3) is 0 Å². The number of methoxy groups -OCH3 is 1. The summed E-state index contributed by atoms with van der Waals surface area (Å²) in [5, 5.41) is 0. The Hall–Kier alpha value is -1.90. The van der Waals surface area contributed by atoms with Crippen LogP contribution in [0.5, 0.6) is 5.88 Å². The van der Waals surface area contributed by atoms with E-state index in [0.717, 1.165) is 5.69 Å². The van der Waals surface area contributed by atoms with Crippen molar-refractivity contribution in [2.24, 2.45) is 0 Å². The number of nitrogens with zero attached hydrogens (tertiary/aromatic N) is 2. The first kappa shape index (κ1) is 11.2. The Morgan fingerprint density at radius 2 is 1.60 bits per heavy atom. The minimum absolute atomic E-state index is 0.660. The van der Waals surface area contributed by atoms with Crippen molar-refractivity contribution in [1.29, 1.82) is 0 Å². The molecule has 78 valence electrons. The Morgan fingerprint density at radius 3 is 1.87 bits per heavy atom. The van der Waals surface area contributed by atoms with Gasteiger partial charge in [-0.3, -0.25) is 4.98 Å². The van der Waals surface area contributed by atoms with Gasteiger partial charge in [-0.25, -0.2) is 4.98 Å². The van der Waals surface area contributed by atoms with Crippen molar-refractivity contribution in [3.05, 3.63) is 54.5 Å². The van der Waals surface area contributed by atoms with Crippen molar-refractivity contribution in [3.63, 3.8) is 0 Å². The Morgan fingerprint density at radius 1 is 0.933 bits per heavy atom. The van der Waals surface area contributed by atoms with Crippen molar-refractivity contribution in [1.82, 2.24) is 9.97 Å². The van der Waals surface area contributed by atoms with Crippen LogP contribution in [0.2, 0.25) is 0 Å². The zero-order chi connectivity index (χ0) is 10.9. The van der Waals surface area contributed by atoms with E-state index in [9.17, 15) is 0 Å². The second kappa shape index (κ2) is 6.54. The highest BCUT2D eigenvalue weighted by Gasteiger charge is 1.82. The molecule has 2 heterocycles. The van der Waals surface area contributed by atoms with Crippen molar-refractivity contribution in [2.75, 3.05) is 7.11 Å². The summed E-state index contributed by atoms with van der Waals surface area (Å²) in [6, 6.07) is 11.4. The van der Waals surface area contributed by atoms with Crippen LogP contribution in [-0.4, -0.2) is 17.1 Å². The number of rotatable bonds is 1. The normalized spacial score (nSPS) is 8.67. The number of hydrogen-bond acceptors (Lipinski definition) is 3. The van der Waals surface area contributed by atoms with E-state index in [1.807, 2.05) is 37.3 Å². The van der Waals surface area contributed by atoms with E-state index in [4.69, 9.17) is 4.74 Å². The number of hydrogen-bond donors (Lipinski definition) is 0. The molecule has 3 heteroatoms. The third kappa shape index (κ3) is 4.76. The van der Waals surface area contributed by atoms with E-state index in [0.29, 0.717) is 5.88 Å². The van der Waals surface area contributed by atoms with Crippen molar-refractivity contribution in [3.8, 4) is 5.88 Å². The minimum atomic E-state index is 0.660. The molecule has 3 nitrogen and oxygen atoms in total. The quantitative estimate of drug-likeness (QED) is 0.712. The molecule has 0 bridgehead atoms. The first-order chi connectivity index (χ1) is 7.33. The van der Waals surface area contributed by atoms with Gasteiger partial charge < -0.3 is 4.74 Å². The third-order valence-electron chi connectivity index (χ3n) is 1.66. The van der Waals surface area contributed by atoms with Crippen molar-refractivity contribution in [2.45, 2.75) is 6.92 Å². The number of aryl methyl sites for hydroxylation is 1. The first-order valence-electron chi connectivity index (χ1n) is 4.65. The van der Waals surface area contributed by atoms with Gasteiger partial charge in [-0.15, -0.1) is 0 Å². The lowest BCUT2D eigenvalue weighted by molar-refractivity contribution is 0.398. The summed E-state index contributed by atoms with van der Waals surface area (Å²) >= 11 is 0. The fourth-order valence-corrected chi connectivity index (χ4v) is 0.916. The van der Waals surface area contributed by atoms with Crippen LogP contribution in [0.15, 0.2) is 48.8 Å². The van der Waals surface area contributed by atoms with Crippen LogP contribution in [0.4, 0.5) is 0 Å². The first-order valence-corrected chi connectivity index (χ1v) is 4.65. The smallest absolute Gasteiger partial charge is 0.212 e. The van der Waals surface area contributed by atoms with Crippen LogP contribution >= 0.6 is 0 Å². The van der Waals surface area contributed by atoms with Gasteiger partial charge in [-0.05, 0) is 25.1 Å². The second-order valence-electron chi connectivity index (χ2n) is 2.84. The fourth-order valence-electron chi connectivity index (χ4n) is 0.916. The molecule has 0 radical (unpaired) electrons. The maximum atomic E-state index is 4.80. The summed E-state index contributed by atoms with van der Waals surface area (Å²) in [7, 11) is 1.60. The molecule has 0 fully saturated rings. The zero-order valence-electron chi connectivity index (χ0n) is 8.92. The highest BCUT2D eigenvalue weighted by Crippen LogP contribution is 1.99. The summed E-state index contributed by atoms with van der Waals surface area (Å²) in [6.07, 6.45) is 3.48. The molecule has 0 saturated heterocycles. The van der Waals surface area contributed by atoms with E-state index in [1.165, 1.54) is 0 Å². The molecule has 0 saturated carbocycles. The van der Waals surface area contributed by atoms with E-state index < -0.39 is 0 Å². The number of pyridine rings is 2. The molecule has 0 atom stereocenters.